The van der Waals surface area contributed by atoms with E-state index in [1.165, 1.54) is 0 Å². The molecule has 0 saturated heterocycles. The Hall–Kier alpha value is -1.12. The highest BCUT2D eigenvalue weighted by Crippen LogP contribution is 2.06. The quantitative estimate of drug-likeness (QED) is 0.497. The molecule has 80 valence electrons. The summed E-state index contributed by atoms with van der Waals surface area (Å²) in [6, 6.07) is 1.81. The Bertz CT molecular complexity index is 219. The van der Waals surface area contributed by atoms with E-state index in [-0.39, 0.29) is 25.6 Å². The molecule has 0 aliphatic rings. The molecule has 0 saturated carbocycles. The van der Waals surface area contributed by atoms with Gasteiger partial charge in [0, 0.05) is 5.54 Å². The van der Waals surface area contributed by atoms with Crippen LogP contribution in [0.1, 0.15) is 20.3 Å². The van der Waals surface area contributed by atoms with Gasteiger partial charge < -0.3 is 15.7 Å². The molecule has 0 aliphatic carbocycles. The molecule has 1 amide bonds. The van der Waals surface area contributed by atoms with Crippen LogP contribution in [0.4, 0.5) is 0 Å². The molecule has 0 aromatic rings. The molecule has 3 N–H and O–H groups in total. The summed E-state index contributed by atoms with van der Waals surface area (Å²) in [5.74, 6) is -0.236. The first-order valence-electron chi connectivity index (χ1n) is 4.57. The number of aliphatic hydroxyl groups excluding tert-OH is 1. The molecule has 5 heteroatoms. The zero-order chi connectivity index (χ0) is 11.0. The van der Waals surface area contributed by atoms with Crippen molar-refractivity contribution in [2.24, 2.45) is 0 Å². The normalized spacial score (nSPS) is 14.1. The van der Waals surface area contributed by atoms with Crippen LogP contribution in [0.2, 0.25) is 0 Å². The Kier molecular flexibility index (Phi) is 5.84. The van der Waals surface area contributed by atoms with Crippen molar-refractivity contribution in [3.8, 4) is 6.07 Å². The smallest absolute Gasteiger partial charge is 0.234 e. The molecule has 0 fully saturated rings. The standard InChI is InChI=1S/C9H17N3O2/c1-3-9(2,7-13)12-6-8(14)11-5-4-10/h12-13H,3,5-7H2,1-2H3,(H,11,14). The van der Waals surface area contributed by atoms with Crippen LogP contribution in [0.25, 0.3) is 0 Å². The summed E-state index contributed by atoms with van der Waals surface area (Å²) in [5.41, 5.74) is -0.427. The summed E-state index contributed by atoms with van der Waals surface area (Å²) < 4.78 is 0. The van der Waals surface area contributed by atoms with Gasteiger partial charge in [-0.15, -0.1) is 0 Å². The third-order valence-electron chi connectivity index (χ3n) is 2.17. The molecule has 5 nitrogen and oxygen atoms in total. The van der Waals surface area contributed by atoms with Crippen LogP contribution in [-0.4, -0.2) is 36.2 Å². The molecule has 0 heterocycles. The van der Waals surface area contributed by atoms with Crippen LogP contribution in [0.15, 0.2) is 0 Å². The summed E-state index contributed by atoms with van der Waals surface area (Å²) in [4.78, 5) is 11.1. The summed E-state index contributed by atoms with van der Waals surface area (Å²) in [7, 11) is 0. The molecule has 1 unspecified atom stereocenters. The Balaban J connectivity index is 3.81. The highest BCUT2D eigenvalue weighted by atomic mass is 16.3. The molecule has 0 aromatic carbocycles. The van der Waals surface area contributed by atoms with Crippen molar-refractivity contribution in [1.29, 1.82) is 5.26 Å². The number of nitriles is 1. The van der Waals surface area contributed by atoms with Crippen LogP contribution in [0.3, 0.4) is 0 Å². The van der Waals surface area contributed by atoms with Gasteiger partial charge in [0.25, 0.3) is 0 Å². The monoisotopic (exact) mass is 199 g/mol. The van der Waals surface area contributed by atoms with Crippen LogP contribution in [0, 0.1) is 11.3 Å². The molecule has 0 radical (unpaired) electrons. The molecule has 1 atom stereocenters. The minimum absolute atomic E-state index is 0.0163. The zero-order valence-electron chi connectivity index (χ0n) is 8.63. The van der Waals surface area contributed by atoms with E-state index >= 15 is 0 Å². The second-order valence-corrected chi connectivity index (χ2v) is 3.36. The first kappa shape index (κ1) is 12.9. The van der Waals surface area contributed by atoms with Crippen molar-refractivity contribution in [2.75, 3.05) is 19.7 Å². The minimum Gasteiger partial charge on any atom is -0.394 e. The van der Waals surface area contributed by atoms with E-state index in [1.54, 1.807) is 0 Å². The average Bonchev–Trinajstić information content (AvgIpc) is 2.23. The molecule has 0 aliphatic heterocycles. The maximum Gasteiger partial charge on any atom is 0.234 e. The summed E-state index contributed by atoms with van der Waals surface area (Å²) >= 11 is 0. The van der Waals surface area contributed by atoms with Gasteiger partial charge in [0.15, 0.2) is 0 Å². The van der Waals surface area contributed by atoms with E-state index in [4.69, 9.17) is 10.4 Å². The van der Waals surface area contributed by atoms with E-state index in [1.807, 2.05) is 19.9 Å². The van der Waals surface area contributed by atoms with Gasteiger partial charge in [-0.25, -0.2) is 0 Å². The van der Waals surface area contributed by atoms with Gasteiger partial charge in [0.1, 0.15) is 6.54 Å². The molecular formula is C9H17N3O2. The topological polar surface area (TPSA) is 85.2 Å². The van der Waals surface area contributed by atoms with Gasteiger partial charge in [-0.1, -0.05) is 6.92 Å². The zero-order valence-corrected chi connectivity index (χ0v) is 8.63. The number of amides is 1. The van der Waals surface area contributed by atoms with Crippen molar-refractivity contribution in [3.05, 3.63) is 0 Å². The number of hydrogen-bond donors (Lipinski definition) is 3. The lowest BCUT2D eigenvalue weighted by Gasteiger charge is -2.26. The van der Waals surface area contributed by atoms with Crippen molar-refractivity contribution in [1.82, 2.24) is 10.6 Å². The summed E-state index contributed by atoms with van der Waals surface area (Å²) in [5, 5.41) is 22.6. The fraction of sp³-hybridized carbons (Fsp3) is 0.778. The fourth-order valence-corrected chi connectivity index (χ4v) is 0.787. The number of hydrogen-bond acceptors (Lipinski definition) is 4. The van der Waals surface area contributed by atoms with Gasteiger partial charge in [0.05, 0.1) is 19.2 Å². The molecule has 0 aromatic heterocycles. The third kappa shape index (κ3) is 4.80. The van der Waals surface area contributed by atoms with Crippen molar-refractivity contribution < 1.29 is 9.90 Å². The van der Waals surface area contributed by atoms with Crippen molar-refractivity contribution in [3.63, 3.8) is 0 Å². The number of carbonyl (C=O) groups excluding carboxylic acids is 1. The number of aliphatic hydroxyl groups is 1. The van der Waals surface area contributed by atoms with Gasteiger partial charge in [-0.05, 0) is 13.3 Å². The van der Waals surface area contributed by atoms with E-state index in [0.717, 1.165) is 6.42 Å². The molecular weight excluding hydrogens is 182 g/mol. The second-order valence-electron chi connectivity index (χ2n) is 3.36. The predicted octanol–water partition coefficient (Wildman–Crippen LogP) is -0.623. The van der Waals surface area contributed by atoms with Crippen LogP contribution >= 0.6 is 0 Å². The van der Waals surface area contributed by atoms with Gasteiger partial charge in [-0.3, -0.25) is 4.79 Å². The second kappa shape index (κ2) is 6.35. The third-order valence-corrected chi connectivity index (χ3v) is 2.17. The first-order chi connectivity index (χ1) is 6.58. The van der Waals surface area contributed by atoms with Crippen molar-refractivity contribution in [2.45, 2.75) is 25.8 Å². The molecule has 0 rings (SSSR count). The van der Waals surface area contributed by atoms with Gasteiger partial charge >= 0.3 is 0 Å². The largest absolute Gasteiger partial charge is 0.394 e. The fourth-order valence-electron chi connectivity index (χ4n) is 0.787. The van der Waals surface area contributed by atoms with E-state index in [2.05, 4.69) is 10.6 Å². The van der Waals surface area contributed by atoms with Crippen LogP contribution < -0.4 is 10.6 Å². The summed E-state index contributed by atoms with van der Waals surface area (Å²) in [6.07, 6.45) is 0.731. The number of rotatable bonds is 6. The Morgan fingerprint density at radius 3 is 2.71 bits per heavy atom. The van der Waals surface area contributed by atoms with Gasteiger partial charge in [-0.2, -0.15) is 5.26 Å². The molecule has 0 spiro atoms. The van der Waals surface area contributed by atoms with Crippen molar-refractivity contribution >= 4 is 5.91 Å². The lowest BCUT2D eigenvalue weighted by molar-refractivity contribution is -0.120. The molecule has 14 heavy (non-hydrogen) atoms. The predicted molar refractivity (Wildman–Crippen MR) is 52.4 cm³/mol. The van der Waals surface area contributed by atoms with Crippen LogP contribution in [0.5, 0.6) is 0 Å². The Morgan fingerprint density at radius 2 is 2.29 bits per heavy atom. The minimum atomic E-state index is -0.427. The Labute approximate surface area is 84.1 Å². The summed E-state index contributed by atoms with van der Waals surface area (Å²) in [6.45, 7) is 3.88. The SMILES string of the molecule is CCC(C)(CO)NCC(=O)NCC#N. The van der Waals surface area contributed by atoms with E-state index < -0.39 is 5.54 Å². The maximum absolute atomic E-state index is 11.1. The number of nitrogens with one attached hydrogen (secondary N) is 2. The van der Waals surface area contributed by atoms with Gasteiger partial charge in [0.2, 0.25) is 5.91 Å². The average molecular weight is 199 g/mol. The first-order valence-corrected chi connectivity index (χ1v) is 4.57. The highest BCUT2D eigenvalue weighted by Gasteiger charge is 2.20. The van der Waals surface area contributed by atoms with E-state index in [9.17, 15) is 4.79 Å². The number of nitrogens with zero attached hydrogens (tertiary/aromatic N) is 1. The highest BCUT2D eigenvalue weighted by molar-refractivity contribution is 5.78. The Morgan fingerprint density at radius 1 is 1.64 bits per heavy atom. The molecule has 0 bridgehead atoms. The maximum atomic E-state index is 11.1. The lowest BCUT2D eigenvalue weighted by Crippen LogP contribution is -2.49. The van der Waals surface area contributed by atoms with Crippen LogP contribution in [-0.2, 0) is 4.79 Å². The van der Waals surface area contributed by atoms with E-state index in [0.29, 0.717) is 0 Å². The lowest BCUT2D eigenvalue weighted by atomic mass is 10.0. The number of carbonyl (C=O) groups is 1.